The van der Waals surface area contributed by atoms with Gasteiger partial charge in [0.2, 0.25) is 0 Å². The quantitative estimate of drug-likeness (QED) is 0.0547. The summed E-state index contributed by atoms with van der Waals surface area (Å²) in [5.41, 5.74) is 0.710. The Morgan fingerprint density at radius 1 is 0.492 bits per heavy atom. The molecule has 330 valence electrons. The molecule has 0 aliphatic rings. The number of nitrogens with one attached hydrogen (secondary N) is 2. The number of halogens is 1. The number of carboxylic acid groups (broad SMARTS) is 2. The summed E-state index contributed by atoms with van der Waals surface area (Å²) >= 11 is 0. The van der Waals surface area contributed by atoms with Crippen LogP contribution >= 0.6 is 0 Å². The first-order chi connectivity index (χ1) is 30.2. The molecule has 0 fully saturated rings. The third-order valence-corrected chi connectivity index (χ3v) is 11.3. The van der Waals surface area contributed by atoms with E-state index in [-0.39, 0.29) is 65.4 Å². The molecule has 0 heterocycles. The molecule has 0 atom stereocenters. The summed E-state index contributed by atoms with van der Waals surface area (Å²) in [5, 5.41) is 18.3. The highest BCUT2D eigenvalue weighted by Crippen LogP contribution is 2.30. The van der Waals surface area contributed by atoms with Gasteiger partial charge in [-0.25, -0.2) is 30.8 Å². The van der Waals surface area contributed by atoms with Crippen LogP contribution in [0.5, 0.6) is 34.5 Å². The molecular formula is C44H41FN2O14S2. The molecule has 0 spiro atoms. The summed E-state index contributed by atoms with van der Waals surface area (Å²) in [7, 11) is -5.15. The highest BCUT2D eigenvalue weighted by molar-refractivity contribution is 7.93. The number of methoxy groups -OCH3 is 2. The predicted octanol–water partition coefficient (Wildman–Crippen LogP) is 7.44. The Kier molecular flexibility index (Phi) is 16.1. The van der Waals surface area contributed by atoms with E-state index < -0.39 is 42.7 Å². The minimum absolute atomic E-state index is 0.0523. The van der Waals surface area contributed by atoms with Gasteiger partial charge in [-0.05, 0) is 97.1 Å². The molecule has 16 nitrogen and oxygen atoms in total. The summed E-state index contributed by atoms with van der Waals surface area (Å²) in [4.78, 5) is 21.8. The third-order valence-electron chi connectivity index (χ3n) is 8.45. The molecule has 4 N–H and O–H groups in total. The van der Waals surface area contributed by atoms with Crippen molar-refractivity contribution >= 4 is 43.4 Å². The first-order valence-electron chi connectivity index (χ1n) is 18.6. The summed E-state index contributed by atoms with van der Waals surface area (Å²) in [5.74, 6) is -0.977. The van der Waals surface area contributed by atoms with Crippen molar-refractivity contribution in [3.8, 4) is 34.5 Å². The number of rotatable bonds is 20. The molecule has 0 aliphatic heterocycles. The van der Waals surface area contributed by atoms with Gasteiger partial charge in [-0.3, -0.25) is 9.44 Å². The summed E-state index contributed by atoms with van der Waals surface area (Å²) in [6.45, 7) is 0.564. The predicted molar refractivity (Wildman–Crippen MR) is 229 cm³/mol. The molecule has 0 saturated heterocycles. The Bertz CT molecular complexity index is 2720. The van der Waals surface area contributed by atoms with Gasteiger partial charge in [-0.1, -0.05) is 36.4 Å². The van der Waals surface area contributed by atoms with Gasteiger partial charge in [-0.2, -0.15) is 0 Å². The van der Waals surface area contributed by atoms with Crippen LogP contribution in [0.25, 0.3) is 0 Å². The van der Waals surface area contributed by atoms with Crippen LogP contribution in [0.1, 0.15) is 20.7 Å². The van der Waals surface area contributed by atoms with Crippen LogP contribution in [0, 0.1) is 5.82 Å². The van der Waals surface area contributed by atoms with E-state index in [9.17, 15) is 30.8 Å². The number of ether oxygens (including phenoxy) is 6. The SMILES string of the molecule is COc1ccc(OC)c(S(=O)(=O)Nc2ccc(OCCOc3ccccc3C(=O)O)cc2)c1.O=C(O)c1ccccc1OCCOc1ccc(NS(=O)(=O)c2ccccc2F)cc1. The molecule has 0 unspecified atom stereocenters. The zero-order valence-corrected chi connectivity index (χ0v) is 35.2. The van der Waals surface area contributed by atoms with Crippen molar-refractivity contribution in [2.75, 3.05) is 50.1 Å². The van der Waals surface area contributed by atoms with Gasteiger partial charge in [0.15, 0.2) is 0 Å². The number of carbonyl (C=O) groups is 2. The summed E-state index contributed by atoms with van der Waals surface area (Å²) in [6.07, 6.45) is 0. The van der Waals surface area contributed by atoms with Crippen molar-refractivity contribution in [3.05, 3.63) is 156 Å². The number of hydrogen-bond acceptors (Lipinski definition) is 12. The molecule has 19 heteroatoms. The lowest BCUT2D eigenvalue weighted by Crippen LogP contribution is -2.14. The van der Waals surface area contributed by atoms with E-state index in [1.54, 1.807) is 78.9 Å². The number of aromatic carboxylic acids is 2. The van der Waals surface area contributed by atoms with Gasteiger partial charge >= 0.3 is 11.9 Å². The van der Waals surface area contributed by atoms with E-state index >= 15 is 0 Å². The van der Waals surface area contributed by atoms with Crippen molar-refractivity contribution < 1.29 is 69.4 Å². The van der Waals surface area contributed by atoms with E-state index in [4.69, 9.17) is 38.6 Å². The largest absolute Gasteiger partial charge is 0.497 e. The fourth-order valence-electron chi connectivity index (χ4n) is 5.48. The van der Waals surface area contributed by atoms with Crippen LogP contribution in [-0.2, 0) is 20.0 Å². The van der Waals surface area contributed by atoms with Gasteiger partial charge < -0.3 is 38.6 Å². The van der Waals surface area contributed by atoms with Crippen LogP contribution < -0.4 is 37.9 Å². The van der Waals surface area contributed by atoms with Crippen molar-refractivity contribution in [1.82, 2.24) is 0 Å². The van der Waals surface area contributed by atoms with Crippen LogP contribution in [0.4, 0.5) is 15.8 Å². The zero-order chi connectivity index (χ0) is 45.4. The summed E-state index contributed by atoms with van der Waals surface area (Å²) in [6, 6.07) is 34.6. The van der Waals surface area contributed by atoms with E-state index in [0.717, 1.165) is 6.07 Å². The second-order valence-electron chi connectivity index (χ2n) is 12.7. The molecular weight excluding hydrogens is 864 g/mol. The van der Waals surface area contributed by atoms with E-state index in [1.165, 1.54) is 68.8 Å². The lowest BCUT2D eigenvalue weighted by Gasteiger charge is -2.13. The monoisotopic (exact) mass is 904 g/mol. The van der Waals surface area contributed by atoms with E-state index in [0.29, 0.717) is 22.9 Å². The fourth-order valence-corrected chi connectivity index (χ4v) is 7.86. The average Bonchev–Trinajstić information content (AvgIpc) is 3.27. The van der Waals surface area contributed by atoms with Gasteiger partial charge in [0, 0.05) is 17.4 Å². The molecule has 0 aliphatic carbocycles. The van der Waals surface area contributed by atoms with Crippen molar-refractivity contribution in [3.63, 3.8) is 0 Å². The van der Waals surface area contributed by atoms with Gasteiger partial charge in [0.1, 0.15) is 87.7 Å². The topological polar surface area (TPSA) is 222 Å². The second kappa shape index (κ2) is 21.8. The average molecular weight is 905 g/mol. The van der Waals surface area contributed by atoms with Crippen LogP contribution in [0.15, 0.2) is 149 Å². The number of sulfonamides is 2. The number of hydrogen-bond donors (Lipinski definition) is 4. The maximum atomic E-state index is 13.7. The molecule has 0 aromatic heterocycles. The van der Waals surface area contributed by atoms with Crippen LogP contribution in [0.3, 0.4) is 0 Å². The Labute approximate surface area is 362 Å². The highest BCUT2D eigenvalue weighted by Gasteiger charge is 2.21. The summed E-state index contributed by atoms with van der Waals surface area (Å²) < 4.78 is 101. The first-order valence-corrected chi connectivity index (χ1v) is 21.6. The molecule has 0 saturated carbocycles. The number of benzene rings is 6. The molecule has 0 radical (unpaired) electrons. The first kappa shape index (κ1) is 46.6. The minimum Gasteiger partial charge on any atom is -0.497 e. The third kappa shape index (κ3) is 13.2. The Morgan fingerprint density at radius 3 is 1.35 bits per heavy atom. The Morgan fingerprint density at radius 2 is 0.905 bits per heavy atom. The Balaban J connectivity index is 0.000000239. The van der Waals surface area contributed by atoms with Gasteiger partial charge in [-0.15, -0.1) is 0 Å². The normalized spacial score (nSPS) is 10.9. The smallest absolute Gasteiger partial charge is 0.339 e. The zero-order valence-electron chi connectivity index (χ0n) is 33.6. The van der Waals surface area contributed by atoms with E-state index in [1.807, 2.05) is 0 Å². The maximum absolute atomic E-state index is 13.7. The number of para-hydroxylation sites is 2. The van der Waals surface area contributed by atoms with E-state index in [2.05, 4.69) is 9.44 Å². The lowest BCUT2D eigenvalue weighted by atomic mass is 10.2. The molecule has 6 aromatic rings. The van der Waals surface area contributed by atoms with Crippen molar-refractivity contribution in [1.29, 1.82) is 0 Å². The fraction of sp³-hybridized carbons (Fsp3) is 0.136. The van der Waals surface area contributed by atoms with Gasteiger partial charge in [0.25, 0.3) is 20.0 Å². The highest BCUT2D eigenvalue weighted by atomic mass is 32.2. The van der Waals surface area contributed by atoms with Crippen LogP contribution in [0.2, 0.25) is 0 Å². The number of carboxylic acids is 2. The minimum atomic E-state index is -4.05. The molecule has 0 bridgehead atoms. The lowest BCUT2D eigenvalue weighted by molar-refractivity contribution is 0.0680. The molecule has 0 amide bonds. The standard InChI is InChI=1S/C23H23NO8S.C21H18FNO6S/c1-29-18-11-12-21(30-2)22(15-18)33(27,28)24-16-7-9-17(10-8-16)31-13-14-32-20-6-4-3-5-19(20)23(25)26;22-18-6-2-4-8-20(18)30(26,27)23-15-9-11-16(12-10-15)28-13-14-29-19-7-3-1-5-17(19)21(24)25/h3-12,15,24H,13-14H2,1-2H3,(H,25,26);1-12,23H,13-14H2,(H,24,25). The molecule has 6 aromatic carbocycles. The van der Waals surface area contributed by atoms with Crippen LogP contribution in [-0.4, -0.2) is 79.6 Å². The van der Waals surface area contributed by atoms with Crippen molar-refractivity contribution in [2.45, 2.75) is 9.79 Å². The maximum Gasteiger partial charge on any atom is 0.339 e. The van der Waals surface area contributed by atoms with Gasteiger partial charge in [0.05, 0.1) is 14.2 Å². The molecule has 6 rings (SSSR count). The molecule has 63 heavy (non-hydrogen) atoms. The van der Waals surface area contributed by atoms with Crippen molar-refractivity contribution in [2.24, 2.45) is 0 Å². The number of anilines is 2. The second-order valence-corrected chi connectivity index (χ2v) is 16.0. The Hall–Kier alpha value is -7.51.